The average molecular weight is 444 g/mol. The lowest BCUT2D eigenvalue weighted by Gasteiger charge is -2.38. The number of anilines is 1. The molecule has 1 fully saturated rings. The first-order valence-electron chi connectivity index (χ1n) is 11.2. The van der Waals surface area contributed by atoms with Gasteiger partial charge in [-0.1, -0.05) is 12.1 Å². The SMILES string of the molecule is CC(N1CCN(c2ncccn2)CC1)n1nc(-c2ccncc2)cc1Cc1ccc(F)cc1. The van der Waals surface area contributed by atoms with Crippen molar-refractivity contribution in [3.05, 3.63) is 90.4 Å². The fraction of sp³-hybridized carbons (Fsp3) is 0.280. The van der Waals surface area contributed by atoms with Crippen LogP contribution in [0.1, 0.15) is 24.3 Å². The van der Waals surface area contributed by atoms with E-state index < -0.39 is 0 Å². The summed E-state index contributed by atoms with van der Waals surface area (Å²) in [5.41, 5.74) is 4.09. The molecule has 3 aromatic heterocycles. The van der Waals surface area contributed by atoms with Gasteiger partial charge in [0.25, 0.3) is 0 Å². The highest BCUT2D eigenvalue weighted by molar-refractivity contribution is 5.58. The Morgan fingerprint density at radius 3 is 2.30 bits per heavy atom. The van der Waals surface area contributed by atoms with Crippen molar-refractivity contribution < 1.29 is 4.39 Å². The highest BCUT2D eigenvalue weighted by atomic mass is 19.1. The van der Waals surface area contributed by atoms with Crippen LogP contribution in [0.15, 0.2) is 73.3 Å². The summed E-state index contributed by atoms with van der Waals surface area (Å²) in [5, 5.41) is 4.98. The monoisotopic (exact) mass is 443 g/mol. The van der Waals surface area contributed by atoms with Gasteiger partial charge in [0.2, 0.25) is 5.95 Å². The van der Waals surface area contributed by atoms with Crippen LogP contribution < -0.4 is 4.90 Å². The van der Waals surface area contributed by atoms with Gasteiger partial charge in [0.15, 0.2) is 0 Å². The Hall–Kier alpha value is -3.65. The van der Waals surface area contributed by atoms with E-state index in [1.165, 1.54) is 12.1 Å². The Morgan fingerprint density at radius 2 is 1.61 bits per heavy atom. The molecule has 0 bridgehead atoms. The number of benzene rings is 1. The summed E-state index contributed by atoms with van der Waals surface area (Å²) in [6, 6.07) is 14.6. The van der Waals surface area contributed by atoms with Crippen molar-refractivity contribution in [2.45, 2.75) is 19.5 Å². The van der Waals surface area contributed by atoms with Crippen molar-refractivity contribution >= 4 is 5.95 Å². The van der Waals surface area contributed by atoms with Crippen molar-refractivity contribution in [1.29, 1.82) is 0 Å². The number of rotatable bonds is 6. The minimum absolute atomic E-state index is 0.0786. The fourth-order valence-electron chi connectivity index (χ4n) is 4.27. The Morgan fingerprint density at radius 1 is 0.909 bits per heavy atom. The number of nitrogens with zero attached hydrogens (tertiary/aromatic N) is 7. The van der Waals surface area contributed by atoms with E-state index in [1.54, 1.807) is 24.8 Å². The molecule has 1 aromatic carbocycles. The van der Waals surface area contributed by atoms with Crippen molar-refractivity contribution in [3.63, 3.8) is 0 Å². The predicted octanol–water partition coefficient (Wildman–Crippen LogP) is 3.81. The molecule has 0 radical (unpaired) electrons. The summed E-state index contributed by atoms with van der Waals surface area (Å²) in [7, 11) is 0. The molecule has 4 heterocycles. The molecule has 4 aromatic rings. The molecular formula is C25H26FN7. The number of hydrogen-bond donors (Lipinski definition) is 0. The minimum atomic E-state index is -0.224. The smallest absolute Gasteiger partial charge is 0.225 e. The minimum Gasteiger partial charge on any atom is -0.338 e. The zero-order valence-electron chi connectivity index (χ0n) is 18.5. The van der Waals surface area contributed by atoms with Gasteiger partial charge in [-0.05, 0) is 48.9 Å². The van der Waals surface area contributed by atoms with Crippen molar-refractivity contribution in [3.8, 4) is 11.3 Å². The van der Waals surface area contributed by atoms with E-state index in [0.717, 1.165) is 54.6 Å². The fourth-order valence-corrected chi connectivity index (χ4v) is 4.27. The number of halogens is 1. The van der Waals surface area contributed by atoms with Gasteiger partial charge < -0.3 is 4.90 Å². The molecule has 1 aliphatic rings. The molecule has 5 rings (SSSR count). The van der Waals surface area contributed by atoms with Crippen LogP contribution in [0.3, 0.4) is 0 Å². The lowest BCUT2D eigenvalue weighted by atomic mass is 10.1. The molecule has 168 valence electrons. The molecule has 1 aliphatic heterocycles. The van der Waals surface area contributed by atoms with E-state index in [2.05, 4.69) is 42.4 Å². The molecule has 0 saturated carbocycles. The van der Waals surface area contributed by atoms with E-state index in [0.29, 0.717) is 6.42 Å². The van der Waals surface area contributed by atoms with E-state index in [9.17, 15) is 4.39 Å². The van der Waals surface area contributed by atoms with Crippen LogP contribution in [-0.4, -0.2) is 55.8 Å². The average Bonchev–Trinajstić information content (AvgIpc) is 3.30. The van der Waals surface area contributed by atoms with Gasteiger partial charge in [-0.25, -0.2) is 14.4 Å². The third-order valence-electron chi connectivity index (χ3n) is 6.12. The maximum atomic E-state index is 13.4. The van der Waals surface area contributed by atoms with Gasteiger partial charge in [-0.2, -0.15) is 5.10 Å². The third-order valence-corrected chi connectivity index (χ3v) is 6.12. The Bertz CT molecular complexity index is 1170. The van der Waals surface area contributed by atoms with Crippen molar-refractivity contribution in [2.75, 3.05) is 31.1 Å². The predicted molar refractivity (Wildman–Crippen MR) is 125 cm³/mol. The third kappa shape index (κ3) is 4.75. The van der Waals surface area contributed by atoms with Crippen LogP contribution in [-0.2, 0) is 6.42 Å². The molecule has 0 aliphatic carbocycles. The Kier molecular flexibility index (Phi) is 6.08. The van der Waals surface area contributed by atoms with E-state index in [1.807, 2.05) is 30.3 Å². The summed E-state index contributed by atoms with van der Waals surface area (Å²) < 4.78 is 15.5. The maximum absolute atomic E-state index is 13.4. The molecular weight excluding hydrogens is 417 g/mol. The van der Waals surface area contributed by atoms with Gasteiger partial charge >= 0.3 is 0 Å². The highest BCUT2D eigenvalue weighted by Crippen LogP contribution is 2.25. The second-order valence-corrected chi connectivity index (χ2v) is 8.21. The molecule has 1 atom stereocenters. The van der Waals surface area contributed by atoms with Gasteiger partial charge in [0.05, 0.1) is 5.69 Å². The van der Waals surface area contributed by atoms with Gasteiger partial charge in [-0.15, -0.1) is 0 Å². The maximum Gasteiger partial charge on any atom is 0.225 e. The lowest BCUT2D eigenvalue weighted by Crippen LogP contribution is -2.49. The number of piperazine rings is 1. The Labute approximate surface area is 192 Å². The first-order valence-corrected chi connectivity index (χ1v) is 11.2. The van der Waals surface area contributed by atoms with Gasteiger partial charge in [0, 0.05) is 68.6 Å². The summed E-state index contributed by atoms with van der Waals surface area (Å²) in [5.74, 6) is 0.555. The standard InChI is InChI=1S/C25H26FN7/c1-19(31-13-15-32(16-14-31)25-28-9-2-10-29-25)33-23(17-20-3-5-22(26)6-4-20)18-24(30-33)21-7-11-27-12-8-21/h2-12,18-19H,13-17H2,1H3. The van der Waals surface area contributed by atoms with Crippen LogP contribution in [0.2, 0.25) is 0 Å². The molecule has 8 heteroatoms. The highest BCUT2D eigenvalue weighted by Gasteiger charge is 2.25. The topological polar surface area (TPSA) is 63.0 Å². The molecule has 1 saturated heterocycles. The first-order chi connectivity index (χ1) is 16.2. The van der Waals surface area contributed by atoms with Crippen LogP contribution >= 0.6 is 0 Å². The Balaban J connectivity index is 1.38. The normalized spacial score (nSPS) is 15.5. The van der Waals surface area contributed by atoms with Gasteiger partial charge in [-0.3, -0.25) is 14.6 Å². The van der Waals surface area contributed by atoms with Gasteiger partial charge in [0.1, 0.15) is 12.0 Å². The molecule has 7 nitrogen and oxygen atoms in total. The van der Waals surface area contributed by atoms with E-state index >= 15 is 0 Å². The summed E-state index contributed by atoms with van der Waals surface area (Å²) in [4.78, 5) is 17.5. The second kappa shape index (κ2) is 9.46. The van der Waals surface area contributed by atoms with Crippen molar-refractivity contribution in [2.24, 2.45) is 0 Å². The van der Waals surface area contributed by atoms with Crippen LogP contribution in [0, 0.1) is 5.82 Å². The van der Waals surface area contributed by atoms with Crippen molar-refractivity contribution in [1.82, 2.24) is 29.6 Å². The second-order valence-electron chi connectivity index (χ2n) is 8.21. The number of aromatic nitrogens is 5. The van der Waals surface area contributed by atoms with Crippen LogP contribution in [0.25, 0.3) is 11.3 Å². The summed E-state index contributed by atoms with van der Waals surface area (Å²) in [6.45, 7) is 5.69. The summed E-state index contributed by atoms with van der Waals surface area (Å²) >= 11 is 0. The van der Waals surface area contributed by atoms with E-state index in [-0.39, 0.29) is 12.0 Å². The first kappa shape index (κ1) is 21.2. The molecule has 0 amide bonds. The quantitative estimate of drug-likeness (QED) is 0.452. The van der Waals surface area contributed by atoms with Crippen LogP contribution in [0.5, 0.6) is 0 Å². The molecule has 0 spiro atoms. The molecule has 0 N–H and O–H groups in total. The zero-order valence-corrected chi connectivity index (χ0v) is 18.5. The van der Waals surface area contributed by atoms with Crippen LogP contribution in [0.4, 0.5) is 10.3 Å². The zero-order chi connectivity index (χ0) is 22.6. The largest absolute Gasteiger partial charge is 0.338 e. The molecule has 33 heavy (non-hydrogen) atoms. The number of hydrogen-bond acceptors (Lipinski definition) is 6. The summed E-state index contributed by atoms with van der Waals surface area (Å²) in [6.07, 6.45) is 7.88. The lowest BCUT2D eigenvalue weighted by molar-refractivity contribution is 0.131. The molecule has 1 unspecified atom stereocenters. The number of pyridine rings is 1. The van der Waals surface area contributed by atoms with E-state index in [4.69, 9.17) is 5.10 Å².